The fourth-order valence-corrected chi connectivity index (χ4v) is 2.51. The van der Waals surface area contributed by atoms with Gasteiger partial charge < -0.3 is 5.32 Å². The molecule has 0 fully saturated rings. The molecule has 0 radical (unpaired) electrons. The molecule has 3 rings (SSSR count). The van der Waals surface area contributed by atoms with E-state index in [-0.39, 0.29) is 0 Å². The summed E-state index contributed by atoms with van der Waals surface area (Å²) in [4.78, 5) is 4.36. The van der Waals surface area contributed by atoms with Crippen LogP contribution in [0.25, 0.3) is 10.9 Å². The van der Waals surface area contributed by atoms with E-state index >= 15 is 0 Å². The molecule has 0 aliphatic rings. The average Bonchev–Trinajstić information content (AvgIpc) is 2.52. The first-order valence-electron chi connectivity index (χ1n) is 6.19. The van der Waals surface area contributed by atoms with Crippen LogP contribution in [-0.2, 0) is 0 Å². The number of halogens is 2. The van der Waals surface area contributed by atoms with E-state index in [1.165, 1.54) is 0 Å². The van der Waals surface area contributed by atoms with Gasteiger partial charge in [0.25, 0.3) is 0 Å². The number of pyridine rings is 1. The van der Waals surface area contributed by atoms with Crippen LogP contribution in [0, 0.1) is 11.3 Å². The second-order valence-electron chi connectivity index (χ2n) is 4.43. The van der Waals surface area contributed by atoms with Crippen molar-refractivity contribution in [3.05, 3.63) is 64.3 Å². The molecule has 0 bridgehead atoms. The second kappa shape index (κ2) is 5.61. The Balaban J connectivity index is 2.07. The molecule has 0 amide bonds. The molecule has 3 aromatic rings. The molecule has 0 saturated heterocycles. The van der Waals surface area contributed by atoms with Gasteiger partial charge in [0.05, 0.1) is 38.6 Å². The van der Waals surface area contributed by atoms with Gasteiger partial charge in [0.1, 0.15) is 0 Å². The van der Waals surface area contributed by atoms with Gasteiger partial charge in [0.2, 0.25) is 0 Å². The normalized spacial score (nSPS) is 10.3. The third-order valence-electron chi connectivity index (χ3n) is 3.08. The predicted octanol–water partition coefficient (Wildman–Crippen LogP) is 5.16. The largest absolute Gasteiger partial charge is 0.353 e. The van der Waals surface area contributed by atoms with Gasteiger partial charge in [-0.2, -0.15) is 5.26 Å². The van der Waals surface area contributed by atoms with E-state index < -0.39 is 0 Å². The third-order valence-corrected chi connectivity index (χ3v) is 3.73. The van der Waals surface area contributed by atoms with Gasteiger partial charge in [-0.05, 0) is 42.5 Å². The molecule has 0 atom stereocenters. The van der Waals surface area contributed by atoms with Crippen molar-refractivity contribution in [1.29, 1.82) is 5.26 Å². The summed E-state index contributed by atoms with van der Waals surface area (Å²) >= 11 is 12.4. The zero-order chi connectivity index (χ0) is 14.8. The molecule has 102 valence electrons. The summed E-state index contributed by atoms with van der Waals surface area (Å²) in [5, 5.41) is 14.1. The molecule has 3 nitrogen and oxygen atoms in total. The molecule has 2 aromatic carbocycles. The summed E-state index contributed by atoms with van der Waals surface area (Å²) in [6.45, 7) is 0. The van der Waals surface area contributed by atoms with E-state index in [9.17, 15) is 0 Å². The quantitative estimate of drug-likeness (QED) is 0.711. The minimum absolute atomic E-state index is 0.480. The van der Waals surface area contributed by atoms with Gasteiger partial charge in [-0.1, -0.05) is 23.2 Å². The number of benzene rings is 2. The molecule has 0 aliphatic heterocycles. The lowest BCUT2D eigenvalue weighted by Crippen LogP contribution is -1.94. The highest BCUT2D eigenvalue weighted by molar-refractivity contribution is 6.36. The van der Waals surface area contributed by atoms with Crippen LogP contribution in [0.4, 0.5) is 11.4 Å². The Kier molecular flexibility index (Phi) is 3.66. The molecule has 0 unspecified atom stereocenters. The number of anilines is 2. The van der Waals surface area contributed by atoms with Gasteiger partial charge in [-0.25, -0.2) is 0 Å². The Labute approximate surface area is 131 Å². The highest BCUT2D eigenvalue weighted by Gasteiger charge is 2.08. The first-order chi connectivity index (χ1) is 10.2. The summed E-state index contributed by atoms with van der Waals surface area (Å²) in [5.74, 6) is 0. The summed E-state index contributed by atoms with van der Waals surface area (Å²) in [7, 11) is 0. The first kappa shape index (κ1) is 13.7. The number of nitrogens with one attached hydrogen (secondary N) is 1. The highest BCUT2D eigenvalue weighted by atomic mass is 35.5. The van der Waals surface area contributed by atoms with E-state index in [2.05, 4.69) is 16.4 Å². The van der Waals surface area contributed by atoms with E-state index in [0.717, 1.165) is 16.6 Å². The molecule has 0 spiro atoms. The van der Waals surface area contributed by atoms with E-state index in [1.54, 1.807) is 24.4 Å². The first-order valence-corrected chi connectivity index (χ1v) is 6.94. The van der Waals surface area contributed by atoms with Crippen LogP contribution in [-0.4, -0.2) is 4.98 Å². The molecule has 5 heteroatoms. The van der Waals surface area contributed by atoms with Crippen molar-refractivity contribution in [3.63, 3.8) is 0 Å². The van der Waals surface area contributed by atoms with Crippen molar-refractivity contribution in [3.8, 4) is 6.07 Å². The van der Waals surface area contributed by atoms with E-state index in [0.29, 0.717) is 21.3 Å². The standard InChI is InChI=1S/C16H9Cl2N3/c17-12-4-6-15(16-11(12)2-1-7-20-16)21-14-5-3-10(9-19)8-13(14)18/h1-8,21H. The second-order valence-corrected chi connectivity index (χ2v) is 5.24. The molecule has 0 aliphatic carbocycles. The Morgan fingerprint density at radius 1 is 1.00 bits per heavy atom. The van der Waals surface area contributed by atoms with Gasteiger partial charge in [0, 0.05) is 11.6 Å². The fourth-order valence-electron chi connectivity index (χ4n) is 2.07. The smallest absolute Gasteiger partial charge is 0.0992 e. The van der Waals surface area contributed by atoms with Gasteiger partial charge in [-0.3, -0.25) is 4.98 Å². The molecule has 21 heavy (non-hydrogen) atoms. The van der Waals surface area contributed by atoms with Crippen LogP contribution in [0.5, 0.6) is 0 Å². The Hall–Kier alpha value is -2.28. The SMILES string of the molecule is N#Cc1ccc(Nc2ccc(Cl)c3cccnc23)c(Cl)c1. The lowest BCUT2D eigenvalue weighted by molar-refractivity contribution is 1.40. The molecule has 1 aromatic heterocycles. The summed E-state index contributed by atoms with van der Waals surface area (Å²) < 4.78 is 0. The Bertz CT molecular complexity index is 869. The van der Waals surface area contributed by atoms with Gasteiger partial charge in [0.15, 0.2) is 0 Å². The third kappa shape index (κ3) is 2.64. The van der Waals surface area contributed by atoms with Crippen LogP contribution in [0.2, 0.25) is 10.0 Å². The lowest BCUT2D eigenvalue weighted by atomic mass is 10.1. The summed E-state index contributed by atoms with van der Waals surface area (Å²) in [6, 6.07) is 14.6. The van der Waals surface area contributed by atoms with Crippen molar-refractivity contribution < 1.29 is 0 Å². The zero-order valence-electron chi connectivity index (χ0n) is 10.8. The molecular weight excluding hydrogens is 305 g/mol. The number of nitrogens with zero attached hydrogens (tertiary/aromatic N) is 2. The Morgan fingerprint density at radius 3 is 2.57 bits per heavy atom. The van der Waals surface area contributed by atoms with E-state index in [1.807, 2.05) is 24.3 Å². The van der Waals surface area contributed by atoms with Crippen molar-refractivity contribution >= 4 is 45.5 Å². The van der Waals surface area contributed by atoms with Crippen LogP contribution in [0.15, 0.2) is 48.7 Å². The number of hydrogen-bond donors (Lipinski definition) is 1. The molecular formula is C16H9Cl2N3. The summed E-state index contributed by atoms with van der Waals surface area (Å²) in [5.41, 5.74) is 2.81. The lowest BCUT2D eigenvalue weighted by Gasteiger charge is -2.11. The van der Waals surface area contributed by atoms with Crippen LogP contribution >= 0.6 is 23.2 Å². The minimum atomic E-state index is 0.480. The van der Waals surface area contributed by atoms with Crippen molar-refractivity contribution in [2.75, 3.05) is 5.32 Å². The van der Waals surface area contributed by atoms with Crippen molar-refractivity contribution in [2.45, 2.75) is 0 Å². The average molecular weight is 314 g/mol. The maximum Gasteiger partial charge on any atom is 0.0992 e. The zero-order valence-corrected chi connectivity index (χ0v) is 12.3. The maximum absolute atomic E-state index is 8.86. The van der Waals surface area contributed by atoms with Crippen LogP contribution in [0.1, 0.15) is 5.56 Å². The molecule has 1 heterocycles. The summed E-state index contributed by atoms with van der Waals surface area (Å²) in [6.07, 6.45) is 1.71. The number of hydrogen-bond acceptors (Lipinski definition) is 3. The van der Waals surface area contributed by atoms with Crippen molar-refractivity contribution in [2.24, 2.45) is 0 Å². The highest BCUT2D eigenvalue weighted by Crippen LogP contribution is 2.32. The molecule has 0 saturated carbocycles. The fraction of sp³-hybridized carbons (Fsp3) is 0. The van der Waals surface area contributed by atoms with Crippen molar-refractivity contribution in [1.82, 2.24) is 4.98 Å². The number of rotatable bonds is 2. The topological polar surface area (TPSA) is 48.7 Å². The van der Waals surface area contributed by atoms with Gasteiger partial charge in [-0.15, -0.1) is 0 Å². The van der Waals surface area contributed by atoms with E-state index in [4.69, 9.17) is 28.5 Å². The molecule has 1 N–H and O–H groups in total. The van der Waals surface area contributed by atoms with Crippen LogP contribution < -0.4 is 5.32 Å². The maximum atomic E-state index is 8.86. The number of nitriles is 1. The minimum Gasteiger partial charge on any atom is -0.353 e. The predicted molar refractivity (Wildman–Crippen MR) is 86.2 cm³/mol. The Morgan fingerprint density at radius 2 is 1.81 bits per heavy atom. The monoisotopic (exact) mass is 313 g/mol. The van der Waals surface area contributed by atoms with Gasteiger partial charge >= 0.3 is 0 Å². The number of fused-ring (bicyclic) bond motifs is 1. The van der Waals surface area contributed by atoms with Crippen LogP contribution in [0.3, 0.4) is 0 Å². The number of aromatic nitrogens is 1.